The number of hydrogen-bond acceptors (Lipinski definition) is 3. The number of ether oxygens (including phenoxy) is 2. The highest BCUT2D eigenvalue weighted by Crippen LogP contribution is 2.34. The molecule has 0 spiro atoms. The molecule has 0 atom stereocenters. The number of amides is 1. The first-order valence-electron chi connectivity index (χ1n) is 8.64. The Morgan fingerprint density at radius 3 is 2.42 bits per heavy atom. The molecule has 1 amide bonds. The number of carbonyl (C=O) groups excluding carboxylic acids is 1. The van der Waals surface area contributed by atoms with E-state index in [9.17, 15) is 4.79 Å². The summed E-state index contributed by atoms with van der Waals surface area (Å²) in [4.78, 5) is 14.7. The monoisotopic (exact) mass is 353 g/mol. The molecule has 0 bridgehead atoms. The van der Waals surface area contributed by atoms with Crippen LogP contribution < -0.4 is 9.47 Å². The fraction of sp³-hybridized carbons (Fsp3) is 0.318. The Labute approximate surface area is 156 Å². The van der Waals surface area contributed by atoms with E-state index in [1.54, 1.807) is 38.3 Å². The third kappa shape index (κ3) is 4.26. The van der Waals surface area contributed by atoms with Gasteiger partial charge in [0.25, 0.3) is 5.91 Å². The molecule has 26 heavy (non-hydrogen) atoms. The zero-order valence-electron chi connectivity index (χ0n) is 16.2. The summed E-state index contributed by atoms with van der Waals surface area (Å²) in [5.41, 5.74) is 3.61. The van der Waals surface area contributed by atoms with Crippen molar-refractivity contribution in [2.24, 2.45) is 0 Å². The molecule has 4 heteroatoms. The quantitative estimate of drug-likeness (QED) is 0.721. The molecule has 138 valence electrons. The molecular formula is C22H27NO3. The fourth-order valence-electron chi connectivity index (χ4n) is 2.91. The molecule has 4 nitrogen and oxygen atoms in total. The van der Waals surface area contributed by atoms with E-state index in [0.29, 0.717) is 17.9 Å². The molecule has 0 unspecified atom stereocenters. The van der Waals surface area contributed by atoms with Crippen LogP contribution in [0.4, 0.5) is 0 Å². The topological polar surface area (TPSA) is 38.8 Å². The predicted molar refractivity (Wildman–Crippen MR) is 106 cm³/mol. The van der Waals surface area contributed by atoms with Crippen LogP contribution >= 0.6 is 0 Å². The van der Waals surface area contributed by atoms with E-state index in [2.05, 4.69) is 20.4 Å². The second kappa shape index (κ2) is 8.56. The second-order valence-electron chi connectivity index (χ2n) is 6.56. The summed E-state index contributed by atoms with van der Waals surface area (Å²) < 4.78 is 10.9. The third-order valence-electron chi connectivity index (χ3n) is 4.36. The molecule has 2 aromatic carbocycles. The van der Waals surface area contributed by atoms with E-state index in [1.807, 2.05) is 30.3 Å². The van der Waals surface area contributed by atoms with Crippen molar-refractivity contribution in [1.82, 2.24) is 4.90 Å². The van der Waals surface area contributed by atoms with Gasteiger partial charge in [-0.2, -0.15) is 0 Å². The molecule has 0 N–H and O–H groups in total. The maximum atomic E-state index is 13.0. The molecule has 0 aromatic heterocycles. The Morgan fingerprint density at radius 2 is 1.85 bits per heavy atom. The van der Waals surface area contributed by atoms with Crippen molar-refractivity contribution >= 4 is 12.0 Å². The van der Waals surface area contributed by atoms with Crippen LogP contribution in [0.15, 0.2) is 43.0 Å². The van der Waals surface area contributed by atoms with Crippen LogP contribution in [0.5, 0.6) is 11.5 Å². The van der Waals surface area contributed by atoms with Gasteiger partial charge in [0.1, 0.15) is 11.5 Å². The summed E-state index contributed by atoms with van der Waals surface area (Å²) in [5, 5.41) is 0. The van der Waals surface area contributed by atoms with Crippen LogP contribution in [0.3, 0.4) is 0 Å². The number of nitrogens with zero attached hydrogens (tertiary/aromatic N) is 1. The molecule has 0 aliphatic heterocycles. The van der Waals surface area contributed by atoms with Crippen molar-refractivity contribution in [3.8, 4) is 11.5 Å². The first kappa shape index (κ1) is 19.6. The van der Waals surface area contributed by atoms with Crippen molar-refractivity contribution < 1.29 is 14.3 Å². The van der Waals surface area contributed by atoms with Gasteiger partial charge in [0, 0.05) is 19.7 Å². The van der Waals surface area contributed by atoms with Crippen molar-refractivity contribution in [3.63, 3.8) is 0 Å². The second-order valence-corrected chi connectivity index (χ2v) is 6.56. The van der Waals surface area contributed by atoms with Gasteiger partial charge >= 0.3 is 0 Å². The Balaban J connectivity index is 2.34. The highest BCUT2D eigenvalue weighted by atomic mass is 16.5. The van der Waals surface area contributed by atoms with E-state index in [1.165, 1.54) is 0 Å². The number of hydrogen-bond donors (Lipinski definition) is 0. The Kier molecular flexibility index (Phi) is 6.45. The maximum absolute atomic E-state index is 13.0. The molecule has 0 heterocycles. The van der Waals surface area contributed by atoms with Gasteiger partial charge in [-0.3, -0.25) is 4.79 Å². The Hall–Kier alpha value is -2.75. The lowest BCUT2D eigenvalue weighted by Crippen LogP contribution is -2.27. The van der Waals surface area contributed by atoms with Crippen LogP contribution in [0.1, 0.15) is 46.8 Å². The summed E-state index contributed by atoms with van der Waals surface area (Å²) in [6.07, 6.45) is 1.80. The van der Waals surface area contributed by atoms with Gasteiger partial charge in [0.15, 0.2) is 0 Å². The maximum Gasteiger partial charge on any atom is 0.257 e. The molecule has 0 radical (unpaired) electrons. The average molecular weight is 353 g/mol. The zero-order valence-corrected chi connectivity index (χ0v) is 16.2. The lowest BCUT2D eigenvalue weighted by molar-refractivity contribution is 0.0781. The van der Waals surface area contributed by atoms with Gasteiger partial charge in [-0.15, -0.1) is 0 Å². The first-order valence-corrected chi connectivity index (χ1v) is 8.64. The van der Waals surface area contributed by atoms with Crippen LogP contribution in [0.2, 0.25) is 0 Å². The average Bonchev–Trinajstić information content (AvgIpc) is 2.66. The summed E-state index contributed by atoms with van der Waals surface area (Å²) in [6.45, 7) is 8.44. The minimum Gasteiger partial charge on any atom is -0.496 e. The van der Waals surface area contributed by atoms with Gasteiger partial charge < -0.3 is 14.4 Å². The SMILES string of the molecule is C=Cc1cccc(CN(C)C(=O)c2cc(C(C)C)c(OC)cc2OC)c1. The number of carbonyl (C=O) groups is 1. The van der Waals surface area contributed by atoms with E-state index in [-0.39, 0.29) is 11.8 Å². The van der Waals surface area contributed by atoms with Crippen LogP contribution in [0.25, 0.3) is 6.08 Å². The van der Waals surface area contributed by atoms with Crippen LogP contribution in [0, 0.1) is 0 Å². The van der Waals surface area contributed by atoms with Crippen LogP contribution in [-0.4, -0.2) is 32.1 Å². The molecule has 0 saturated carbocycles. The largest absolute Gasteiger partial charge is 0.496 e. The third-order valence-corrected chi connectivity index (χ3v) is 4.36. The first-order chi connectivity index (χ1) is 12.4. The summed E-state index contributed by atoms with van der Waals surface area (Å²) in [5.74, 6) is 1.39. The molecule has 0 aliphatic rings. The van der Waals surface area contributed by atoms with Crippen molar-refractivity contribution in [1.29, 1.82) is 0 Å². The van der Waals surface area contributed by atoms with Crippen LogP contribution in [-0.2, 0) is 6.54 Å². The van der Waals surface area contributed by atoms with Gasteiger partial charge in [-0.1, -0.05) is 44.7 Å². The highest BCUT2D eigenvalue weighted by Gasteiger charge is 2.21. The Bertz CT molecular complexity index is 796. The van der Waals surface area contributed by atoms with Gasteiger partial charge in [0.2, 0.25) is 0 Å². The van der Waals surface area contributed by atoms with Crippen molar-refractivity contribution in [2.45, 2.75) is 26.3 Å². The highest BCUT2D eigenvalue weighted by molar-refractivity contribution is 5.97. The lowest BCUT2D eigenvalue weighted by atomic mass is 9.98. The standard InChI is InChI=1S/C22H27NO3/c1-7-16-9-8-10-17(11-16)14-23(4)22(24)19-12-18(15(2)3)20(25-5)13-21(19)26-6/h7-13,15H,1,14H2,2-6H3. The smallest absolute Gasteiger partial charge is 0.257 e. The minimum absolute atomic E-state index is 0.0876. The molecule has 0 saturated heterocycles. The van der Waals surface area contributed by atoms with Gasteiger partial charge in [-0.05, 0) is 34.7 Å². The van der Waals surface area contributed by atoms with Gasteiger partial charge in [-0.25, -0.2) is 0 Å². The summed E-state index contributed by atoms with van der Waals surface area (Å²) in [6, 6.07) is 11.6. The summed E-state index contributed by atoms with van der Waals surface area (Å²) in [7, 11) is 4.98. The Morgan fingerprint density at radius 1 is 1.15 bits per heavy atom. The lowest BCUT2D eigenvalue weighted by Gasteiger charge is -2.21. The summed E-state index contributed by atoms with van der Waals surface area (Å²) >= 11 is 0. The number of rotatable bonds is 7. The number of methoxy groups -OCH3 is 2. The van der Waals surface area contributed by atoms with Crippen molar-refractivity contribution in [3.05, 3.63) is 65.2 Å². The zero-order chi connectivity index (χ0) is 19.3. The molecule has 0 aliphatic carbocycles. The molecular weight excluding hydrogens is 326 g/mol. The molecule has 2 rings (SSSR count). The van der Waals surface area contributed by atoms with E-state index < -0.39 is 0 Å². The van der Waals surface area contributed by atoms with E-state index in [0.717, 1.165) is 22.4 Å². The van der Waals surface area contributed by atoms with E-state index in [4.69, 9.17) is 9.47 Å². The van der Waals surface area contributed by atoms with Crippen molar-refractivity contribution in [2.75, 3.05) is 21.3 Å². The normalized spacial score (nSPS) is 10.5. The predicted octanol–water partition coefficient (Wildman–Crippen LogP) is 4.74. The minimum atomic E-state index is -0.0876. The van der Waals surface area contributed by atoms with E-state index >= 15 is 0 Å². The molecule has 2 aromatic rings. The number of benzene rings is 2. The van der Waals surface area contributed by atoms with Gasteiger partial charge in [0.05, 0.1) is 19.8 Å². The molecule has 0 fully saturated rings. The fourth-order valence-corrected chi connectivity index (χ4v) is 2.91.